The molecule has 0 aliphatic carbocycles. The molecule has 0 amide bonds. The first-order chi connectivity index (χ1) is 6.70. The summed E-state index contributed by atoms with van der Waals surface area (Å²) in [5, 5.41) is 0. The smallest absolute Gasteiger partial charge is 0.0982 e. The van der Waals surface area contributed by atoms with E-state index >= 15 is 0 Å². The number of nitrogens with two attached hydrogens (primary N) is 1. The summed E-state index contributed by atoms with van der Waals surface area (Å²) in [4.78, 5) is 0. The monoisotopic (exact) mass is 257 g/mol. The molecule has 3 heteroatoms. The zero-order valence-electron chi connectivity index (χ0n) is 8.53. The van der Waals surface area contributed by atoms with E-state index < -0.39 is 0 Å². The van der Waals surface area contributed by atoms with E-state index in [1.807, 2.05) is 24.3 Å². The Balaban J connectivity index is 2.94. The third-order valence-electron chi connectivity index (χ3n) is 2.33. The van der Waals surface area contributed by atoms with Gasteiger partial charge in [0.1, 0.15) is 0 Å². The molecular formula is C11H16BrNO. The minimum absolute atomic E-state index is 0.0319. The van der Waals surface area contributed by atoms with Gasteiger partial charge in [-0.25, -0.2) is 0 Å². The largest absolute Gasteiger partial charge is 0.375 e. The van der Waals surface area contributed by atoms with Crippen molar-refractivity contribution < 1.29 is 4.74 Å². The maximum Gasteiger partial charge on any atom is 0.0982 e. The van der Waals surface area contributed by atoms with E-state index in [2.05, 4.69) is 22.9 Å². The van der Waals surface area contributed by atoms with Gasteiger partial charge in [-0.05, 0) is 18.1 Å². The predicted octanol–water partition coefficient (Wildman–Crippen LogP) is 2.87. The van der Waals surface area contributed by atoms with Crippen LogP contribution in [0.3, 0.4) is 0 Å². The van der Waals surface area contributed by atoms with Crippen molar-refractivity contribution >= 4 is 15.9 Å². The van der Waals surface area contributed by atoms with Crippen LogP contribution >= 0.6 is 15.9 Å². The molecule has 0 saturated carbocycles. The number of methoxy groups -OCH3 is 1. The molecule has 1 rings (SSSR count). The van der Waals surface area contributed by atoms with Crippen LogP contribution in [0.5, 0.6) is 0 Å². The summed E-state index contributed by atoms with van der Waals surface area (Å²) in [5.41, 5.74) is 7.10. The summed E-state index contributed by atoms with van der Waals surface area (Å²) in [5.74, 6) is 0. The standard InChI is InChI=1S/C11H16BrNO/c1-3-10(13)11(14-2)8-6-4-5-7-9(8)12/h4-7,10-11H,3,13H2,1-2H3. The fourth-order valence-corrected chi connectivity index (χ4v) is 1.96. The quantitative estimate of drug-likeness (QED) is 0.901. The summed E-state index contributed by atoms with van der Waals surface area (Å²) in [6, 6.07) is 8.06. The Hall–Kier alpha value is -0.380. The molecule has 0 heterocycles. The van der Waals surface area contributed by atoms with Crippen molar-refractivity contribution in [2.24, 2.45) is 5.73 Å². The van der Waals surface area contributed by atoms with Crippen LogP contribution in [0.4, 0.5) is 0 Å². The normalized spacial score (nSPS) is 15.1. The van der Waals surface area contributed by atoms with Crippen molar-refractivity contribution in [3.05, 3.63) is 34.3 Å². The molecule has 0 saturated heterocycles. The van der Waals surface area contributed by atoms with Crippen LogP contribution in [-0.2, 0) is 4.74 Å². The number of rotatable bonds is 4. The van der Waals surface area contributed by atoms with E-state index in [4.69, 9.17) is 10.5 Å². The number of ether oxygens (including phenoxy) is 1. The van der Waals surface area contributed by atoms with E-state index in [1.54, 1.807) is 7.11 Å². The fourth-order valence-electron chi connectivity index (χ4n) is 1.45. The molecule has 14 heavy (non-hydrogen) atoms. The highest BCUT2D eigenvalue weighted by Crippen LogP contribution is 2.27. The second kappa shape index (κ2) is 5.49. The summed E-state index contributed by atoms with van der Waals surface area (Å²) in [6.45, 7) is 2.06. The SMILES string of the molecule is CCC(N)C(OC)c1ccccc1Br. The van der Waals surface area contributed by atoms with Gasteiger partial charge in [-0.3, -0.25) is 0 Å². The molecule has 2 nitrogen and oxygen atoms in total. The first kappa shape index (κ1) is 11.7. The van der Waals surface area contributed by atoms with Gasteiger partial charge in [0.05, 0.1) is 6.10 Å². The van der Waals surface area contributed by atoms with Gasteiger partial charge in [-0.2, -0.15) is 0 Å². The Morgan fingerprint density at radius 3 is 2.57 bits per heavy atom. The number of hydrogen-bond acceptors (Lipinski definition) is 2. The molecule has 2 atom stereocenters. The van der Waals surface area contributed by atoms with Crippen LogP contribution < -0.4 is 5.73 Å². The highest BCUT2D eigenvalue weighted by atomic mass is 79.9. The summed E-state index contributed by atoms with van der Waals surface area (Å²) in [6.07, 6.45) is 0.871. The van der Waals surface area contributed by atoms with Crippen molar-refractivity contribution in [2.75, 3.05) is 7.11 Å². The summed E-state index contributed by atoms with van der Waals surface area (Å²) in [7, 11) is 1.69. The maximum absolute atomic E-state index is 5.98. The topological polar surface area (TPSA) is 35.2 Å². The van der Waals surface area contributed by atoms with Crippen molar-refractivity contribution in [3.63, 3.8) is 0 Å². The summed E-state index contributed by atoms with van der Waals surface area (Å²) < 4.78 is 6.47. The molecule has 1 aromatic rings. The molecule has 1 aromatic carbocycles. The maximum atomic E-state index is 5.98. The van der Waals surface area contributed by atoms with Gasteiger partial charge in [0.2, 0.25) is 0 Å². The second-order valence-corrected chi connectivity index (χ2v) is 4.10. The third-order valence-corrected chi connectivity index (χ3v) is 3.05. The average molecular weight is 258 g/mol. The lowest BCUT2D eigenvalue weighted by Gasteiger charge is -2.22. The van der Waals surface area contributed by atoms with E-state index in [-0.39, 0.29) is 12.1 Å². The molecule has 2 N–H and O–H groups in total. The molecule has 0 fully saturated rings. The zero-order valence-corrected chi connectivity index (χ0v) is 10.1. The predicted molar refractivity (Wildman–Crippen MR) is 62.2 cm³/mol. The van der Waals surface area contributed by atoms with E-state index in [0.717, 1.165) is 16.5 Å². The Morgan fingerprint density at radius 1 is 1.43 bits per heavy atom. The molecule has 78 valence electrons. The van der Waals surface area contributed by atoms with Crippen LogP contribution in [0.2, 0.25) is 0 Å². The summed E-state index contributed by atoms with van der Waals surface area (Å²) >= 11 is 3.50. The van der Waals surface area contributed by atoms with E-state index in [0.29, 0.717) is 0 Å². The van der Waals surface area contributed by atoms with Crippen molar-refractivity contribution in [3.8, 4) is 0 Å². The van der Waals surface area contributed by atoms with Gasteiger partial charge in [0.25, 0.3) is 0 Å². The van der Waals surface area contributed by atoms with Crippen molar-refractivity contribution in [1.82, 2.24) is 0 Å². The molecule has 0 bridgehead atoms. The Kier molecular flexibility index (Phi) is 4.58. The third kappa shape index (κ3) is 2.56. The van der Waals surface area contributed by atoms with Crippen molar-refractivity contribution in [2.45, 2.75) is 25.5 Å². The van der Waals surface area contributed by atoms with Crippen LogP contribution in [0, 0.1) is 0 Å². The lowest BCUT2D eigenvalue weighted by Crippen LogP contribution is -2.29. The molecule has 0 aliphatic rings. The highest BCUT2D eigenvalue weighted by molar-refractivity contribution is 9.10. The number of halogens is 1. The average Bonchev–Trinajstić information content (AvgIpc) is 2.21. The molecular weight excluding hydrogens is 242 g/mol. The van der Waals surface area contributed by atoms with Gasteiger partial charge in [0, 0.05) is 17.6 Å². The van der Waals surface area contributed by atoms with Crippen LogP contribution in [0.1, 0.15) is 25.0 Å². The van der Waals surface area contributed by atoms with Crippen LogP contribution in [0.25, 0.3) is 0 Å². The second-order valence-electron chi connectivity index (χ2n) is 3.25. The fraction of sp³-hybridized carbons (Fsp3) is 0.455. The van der Waals surface area contributed by atoms with Crippen LogP contribution in [-0.4, -0.2) is 13.2 Å². The molecule has 0 spiro atoms. The van der Waals surface area contributed by atoms with E-state index in [1.165, 1.54) is 0 Å². The van der Waals surface area contributed by atoms with Gasteiger partial charge in [0.15, 0.2) is 0 Å². The van der Waals surface area contributed by atoms with Crippen LogP contribution in [0.15, 0.2) is 28.7 Å². The first-order valence-electron chi connectivity index (χ1n) is 4.73. The highest BCUT2D eigenvalue weighted by Gasteiger charge is 2.19. The lowest BCUT2D eigenvalue weighted by molar-refractivity contribution is 0.0785. The molecule has 0 aromatic heterocycles. The molecule has 0 radical (unpaired) electrons. The first-order valence-corrected chi connectivity index (χ1v) is 5.52. The van der Waals surface area contributed by atoms with Gasteiger partial charge < -0.3 is 10.5 Å². The van der Waals surface area contributed by atoms with Gasteiger partial charge in [-0.15, -0.1) is 0 Å². The van der Waals surface area contributed by atoms with Crippen molar-refractivity contribution in [1.29, 1.82) is 0 Å². The zero-order chi connectivity index (χ0) is 10.6. The van der Waals surface area contributed by atoms with Gasteiger partial charge in [-0.1, -0.05) is 41.1 Å². The minimum Gasteiger partial charge on any atom is -0.375 e. The minimum atomic E-state index is -0.0319. The van der Waals surface area contributed by atoms with Gasteiger partial charge >= 0.3 is 0 Å². The molecule has 2 unspecified atom stereocenters. The Bertz CT molecular complexity index is 290. The molecule has 0 aliphatic heterocycles. The number of benzene rings is 1. The Morgan fingerprint density at radius 2 is 2.07 bits per heavy atom. The lowest BCUT2D eigenvalue weighted by atomic mass is 10.0. The Labute approximate surface area is 93.6 Å². The van der Waals surface area contributed by atoms with E-state index in [9.17, 15) is 0 Å². The number of hydrogen-bond donors (Lipinski definition) is 1.